The minimum absolute atomic E-state index is 0.0125. The van der Waals surface area contributed by atoms with Gasteiger partial charge in [-0.25, -0.2) is 8.42 Å². The first-order chi connectivity index (χ1) is 15.1. The molecule has 3 rings (SSSR count). The van der Waals surface area contributed by atoms with Crippen molar-refractivity contribution in [1.29, 1.82) is 0 Å². The predicted molar refractivity (Wildman–Crippen MR) is 123 cm³/mol. The molecule has 2 saturated heterocycles. The zero-order valence-electron chi connectivity index (χ0n) is 20.0. The van der Waals surface area contributed by atoms with Gasteiger partial charge in [0.15, 0.2) is 0 Å². The summed E-state index contributed by atoms with van der Waals surface area (Å²) in [7, 11) is 1.59. The Morgan fingerprint density at radius 1 is 1.12 bits per heavy atom. The fourth-order valence-corrected chi connectivity index (χ4v) is 6.51. The Kier molecular flexibility index (Phi) is 7.85. The highest BCUT2D eigenvalue weighted by molar-refractivity contribution is 7.89. The summed E-state index contributed by atoms with van der Waals surface area (Å²) in [6, 6.07) is 3.44. The number of piperidine rings is 1. The maximum atomic E-state index is 13.0. The van der Waals surface area contributed by atoms with Crippen LogP contribution in [-0.2, 0) is 19.6 Å². The van der Waals surface area contributed by atoms with Crippen LogP contribution in [0, 0.1) is 19.3 Å². The van der Waals surface area contributed by atoms with Crippen molar-refractivity contribution in [2.45, 2.75) is 38.0 Å². The van der Waals surface area contributed by atoms with Gasteiger partial charge in [0.25, 0.3) is 0 Å². The number of carbonyl (C=O) groups excluding carboxylic acids is 1. The van der Waals surface area contributed by atoms with Crippen molar-refractivity contribution in [2.24, 2.45) is 5.41 Å². The average Bonchev–Trinajstić information content (AvgIpc) is 3.10. The molecule has 9 heteroatoms. The molecule has 0 radical (unpaired) electrons. The Morgan fingerprint density at radius 2 is 1.72 bits per heavy atom. The first-order valence-corrected chi connectivity index (χ1v) is 12.7. The van der Waals surface area contributed by atoms with Gasteiger partial charge >= 0.3 is 0 Å². The zero-order valence-corrected chi connectivity index (χ0v) is 20.8. The van der Waals surface area contributed by atoms with Crippen molar-refractivity contribution in [2.75, 3.05) is 67.1 Å². The second-order valence-electron chi connectivity index (χ2n) is 9.34. The number of benzene rings is 1. The third-order valence-electron chi connectivity index (χ3n) is 6.92. The summed E-state index contributed by atoms with van der Waals surface area (Å²) in [5, 5.41) is 0. The van der Waals surface area contributed by atoms with Crippen LogP contribution in [0.2, 0.25) is 0 Å². The van der Waals surface area contributed by atoms with Crippen LogP contribution < -0.4 is 4.74 Å². The molecule has 32 heavy (non-hydrogen) atoms. The molecule has 2 fully saturated rings. The molecule has 0 bridgehead atoms. The lowest BCUT2D eigenvalue weighted by atomic mass is 9.78. The first kappa shape index (κ1) is 25.0. The number of likely N-dealkylation sites (tertiary alicyclic amines) is 2. The van der Waals surface area contributed by atoms with Gasteiger partial charge in [-0.05, 0) is 75.4 Å². The maximum Gasteiger partial charge on any atom is 0.248 e. The second kappa shape index (κ2) is 10.1. The number of rotatable bonds is 8. The molecule has 2 aliphatic heterocycles. The Morgan fingerprint density at radius 3 is 2.25 bits per heavy atom. The Bertz CT molecular complexity index is 903. The van der Waals surface area contributed by atoms with E-state index in [-0.39, 0.29) is 30.6 Å². The van der Waals surface area contributed by atoms with Crippen molar-refractivity contribution < 1.29 is 22.7 Å². The molecular weight excluding hydrogens is 430 g/mol. The topological polar surface area (TPSA) is 79.4 Å². The van der Waals surface area contributed by atoms with E-state index in [1.165, 1.54) is 17.8 Å². The first-order valence-electron chi connectivity index (χ1n) is 11.2. The van der Waals surface area contributed by atoms with Gasteiger partial charge < -0.3 is 19.3 Å². The number of amides is 1. The van der Waals surface area contributed by atoms with Crippen LogP contribution >= 0.6 is 0 Å². The third kappa shape index (κ3) is 5.44. The second-order valence-corrected chi connectivity index (χ2v) is 11.3. The summed E-state index contributed by atoms with van der Waals surface area (Å²) in [6.45, 7) is 7.67. The molecule has 1 aromatic rings. The highest BCUT2D eigenvalue weighted by Gasteiger charge is 2.40. The number of carbonyl (C=O) groups is 1. The molecule has 2 aliphatic rings. The van der Waals surface area contributed by atoms with E-state index in [1.807, 2.05) is 4.90 Å². The van der Waals surface area contributed by atoms with E-state index in [9.17, 15) is 13.2 Å². The van der Waals surface area contributed by atoms with Gasteiger partial charge in [-0.2, -0.15) is 4.31 Å². The number of hydrogen-bond donors (Lipinski definition) is 0. The third-order valence-corrected chi connectivity index (χ3v) is 9.08. The SMILES string of the molecule is COc1cc(C)c(S(=O)(=O)N(C)CCOCC(=O)N2CCC3(CCN(C)C3)CC2)c(C)c1. The molecule has 1 aromatic carbocycles. The van der Waals surface area contributed by atoms with Crippen LogP contribution in [0.15, 0.2) is 17.0 Å². The molecule has 0 saturated carbocycles. The molecule has 0 atom stereocenters. The molecule has 180 valence electrons. The number of sulfonamides is 1. The normalized spacial score (nSPS) is 19.1. The number of nitrogens with zero attached hydrogens (tertiary/aromatic N) is 3. The molecular formula is C23H37N3O5S. The number of hydrogen-bond acceptors (Lipinski definition) is 6. The van der Waals surface area contributed by atoms with Crippen molar-refractivity contribution in [3.05, 3.63) is 23.3 Å². The summed E-state index contributed by atoms with van der Waals surface area (Å²) in [5.74, 6) is 0.616. The smallest absolute Gasteiger partial charge is 0.248 e. The molecule has 0 N–H and O–H groups in total. The van der Waals surface area contributed by atoms with Gasteiger partial charge in [-0.3, -0.25) is 4.79 Å². The van der Waals surface area contributed by atoms with Gasteiger partial charge in [0, 0.05) is 33.2 Å². The van der Waals surface area contributed by atoms with Crippen LogP contribution in [0.25, 0.3) is 0 Å². The summed E-state index contributed by atoms with van der Waals surface area (Å²) in [4.78, 5) is 17.1. The van der Waals surface area contributed by atoms with E-state index in [1.54, 1.807) is 33.1 Å². The van der Waals surface area contributed by atoms with Gasteiger partial charge in [0.05, 0.1) is 18.6 Å². The molecule has 1 amide bonds. The van der Waals surface area contributed by atoms with E-state index < -0.39 is 10.0 Å². The van der Waals surface area contributed by atoms with Crippen LogP contribution in [0.3, 0.4) is 0 Å². The van der Waals surface area contributed by atoms with Crippen LogP contribution in [0.5, 0.6) is 5.75 Å². The maximum absolute atomic E-state index is 13.0. The van der Waals surface area contributed by atoms with E-state index in [0.717, 1.165) is 39.0 Å². The molecule has 0 aliphatic carbocycles. The van der Waals surface area contributed by atoms with Gasteiger partial charge in [-0.1, -0.05) is 0 Å². The van der Waals surface area contributed by atoms with E-state index in [4.69, 9.17) is 9.47 Å². The van der Waals surface area contributed by atoms with Gasteiger partial charge in [0.2, 0.25) is 15.9 Å². The Balaban J connectivity index is 1.46. The Hall–Kier alpha value is -1.68. The predicted octanol–water partition coefficient (Wildman–Crippen LogP) is 1.89. The summed E-state index contributed by atoms with van der Waals surface area (Å²) in [6.07, 6.45) is 3.31. The molecule has 1 spiro atoms. The van der Waals surface area contributed by atoms with Crippen molar-refractivity contribution in [1.82, 2.24) is 14.1 Å². The summed E-state index contributed by atoms with van der Waals surface area (Å²) < 4.78 is 38.1. The van der Waals surface area contributed by atoms with Gasteiger partial charge in [0.1, 0.15) is 12.4 Å². The van der Waals surface area contributed by atoms with Gasteiger partial charge in [-0.15, -0.1) is 0 Å². The molecule has 0 aromatic heterocycles. The molecule has 2 heterocycles. The highest BCUT2D eigenvalue weighted by atomic mass is 32.2. The monoisotopic (exact) mass is 467 g/mol. The quantitative estimate of drug-likeness (QED) is 0.544. The fraction of sp³-hybridized carbons (Fsp3) is 0.696. The average molecular weight is 468 g/mol. The minimum atomic E-state index is -3.67. The lowest BCUT2D eigenvalue weighted by molar-refractivity contribution is -0.138. The van der Waals surface area contributed by atoms with Crippen LogP contribution in [0.4, 0.5) is 0 Å². The van der Waals surface area contributed by atoms with Crippen molar-refractivity contribution >= 4 is 15.9 Å². The van der Waals surface area contributed by atoms with Crippen LogP contribution in [0.1, 0.15) is 30.4 Å². The van der Waals surface area contributed by atoms with E-state index in [0.29, 0.717) is 22.3 Å². The Labute approximate surface area is 192 Å². The lowest BCUT2D eigenvalue weighted by Gasteiger charge is -2.39. The number of ether oxygens (including phenoxy) is 2. The number of methoxy groups -OCH3 is 1. The zero-order chi connectivity index (χ0) is 23.5. The van der Waals surface area contributed by atoms with E-state index >= 15 is 0 Å². The minimum Gasteiger partial charge on any atom is -0.497 e. The fourth-order valence-electron chi connectivity index (χ4n) is 4.95. The van der Waals surface area contributed by atoms with Crippen molar-refractivity contribution in [3.63, 3.8) is 0 Å². The standard InChI is InChI=1S/C23H37N3O5S/c1-18-14-20(30-5)15-19(2)22(18)32(28,29)25(4)12-13-31-16-21(27)26-10-7-23(8-11-26)6-9-24(3)17-23/h14-15H,6-13,16-17H2,1-5H3. The highest BCUT2D eigenvalue weighted by Crippen LogP contribution is 2.39. The summed E-state index contributed by atoms with van der Waals surface area (Å²) in [5.41, 5.74) is 1.66. The summed E-state index contributed by atoms with van der Waals surface area (Å²) >= 11 is 0. The largest absolute Gasteiger partial charge is 0.497 e. The lowest BCUT2D eigenvalue weighted by Crippen LogP contribution is -2.45. The molecule has 0 unspecified atom stereocenters. The van der Waals surface area contributed by atoms with Crippen molar-refractivity contribution in [3.8, 4) is 5.75 Å². The number of likely N-dealkylation sites (N-methyl/N-ethyl adjacent to an activating group) is 1. The number of aryl methyl sites for hydroxylation is 2. The molecule has 8 nitrogen and oxygen atoms in total. The van der Waals surface area contributed by atoms with E-state index in [2.05, 4.69) is 11.9 Å². The van der Waals surface area contributed by atoms with Crippen LogP contribution in [-0.4, -0.2) is 95.6 Å².